The first-order chi connectivity index (χ1) is 14.0. The van der Waals surface area contributed by atoms with Crippen molar-refractivity contribution in [3.8, 4) is 0 Å². The third-order valence-corrected chi connectivity index (χ3v) is 4.83. The van der Waals surface area contributed by atoms with Crippen molar-refractivity contribution in [2.24, 2.45) is 5.73 Å². The van der Waals surface area contributed by atoms with Crippen LogP contribution in [0.4, 0.5) is 5.69 Å². The average molecular weight is 395 g/mol. The number of nitrogens with two attached hydrogens (primary N) is 1. The molecule has 1 aliphatic rings. The number of hydrogen-bond donors (Lipinski definition) is 2. The van der Waals surface area contributed by atoms with E-state index in [1.165, 1.54) is 31.4 Å². The fourth-order valence-electron chi connectivity index (χ4n) is 3.25. The largest absolute Gasteiger partial charge is 0.452 e. The van der Waals surface area contributed by atoms with Crippen LogP contribution in [-0.2, 0) is 16.1 Å². The number of hydrogen-bond acceptors (Lipinski definition) is 5. The maximum absolute atomic E-state index is 12.2. The number of ether oxygens (including phenoxy) is 1. The van der Waals surface area contributed by atoms with E-state index in [0.717, 1.165) is 25.2 Å². The van der Waals surface area contributed by atoms with Crippen LogP contribution in [0.2, 0.25) is 0 Å². The molecule has 2 aromatic carbocycles. The minimum Gasteiger partial charge on any atom is -0.452 e. The molecule has 2 aromatic rings. The Labute approximate surface area is 169 Å². The summed E-state index contributed by atoms with van der Waals surface area (Å²) in [7, 11) is 0. The Hall–Kier alpha value is -3.19. The van der Waals surface area contributed by atoms with Crippen molar-refractivity contribution in [1.29, 1.82) is 0 Å². The summed E-state index contributed by atoms with van der Waals surface area (Å²) in [5.41, 5.74) is 7.56. The van der Waals surface area contributed by atoms with E-state index in [-0.39, 0.29) is 0 Å². The van der Waals surface area contributed by atoms with Gasteiger partial charge in [0.1, 0.15) is 0 Å². The molecule has 0 saturated carbocycles. The number of nitrogens with one attached hydrogen (secondary N) is 1. The van der Waals surface area contributed by atoms with Gasteiger partial charge < -0.3 is 15.8 Å². The molecule has 7 heteroatoms. The Kier molecular flexibility index (Phi) is 6.97. The van der Waals surface area contributed by atoms with Crippen LogP contribution < -0.4 is 11.1 Å². The van der Waals surface area contributed by atoms with Gasteiger partial charge in [0, 0.05) is 17.8 Å². The van der Waals surface area contributed by atoms with E-state index >= 15 is 0 Å². The van der Waals surface area contributed by atoms with Gasteiger partial charge in [-0.2, -0.15) is 0 Å². The van der Waals surface area contributed by atoms with Crippen LogP contribution in [0, 0.1) is 0 Å². The molecule has 3 N–H and O–H groups in total. The van der Waals surface area contributed by atoms with Gasteiger partial charge in [0.05, 0.1) is 5.56 Å². The molecule has 1 aliphatic heterocycles. The highest BCUT2D eigenvalue weighted by Crippen LogP contribution is 2.14. The fourth-order valence-corrected chi connectivity index (χ4v) is 3.25. The number of nitrogens with zero attached hydrogens (tertiary/aromatic N) is 1. The number of esters is 1. The molecule has 152 valence electrons. The number of likely N-dealkylation sites (tertiary alicyclic amines) is 1. The molecule has 2 amide bonds. The van der Waals surface area contributed by atoms with E-state index in [1.54, 1.807) is 24.3 Å². The number of rotatable bonds is 7. The molecule has 3 rings (SSSR count). The van der Waals surface area contributed by atoms with Crippen LogP contribution >= 0.6 is 0 Å². The molecule has 1 saturated heterocycles. The van der Waals surface area contributed by atoms with Gasteiger partial charge in [0.25, 0.3) is 5.91 Å². The second-order valence-electron chi connectivity index (χ2n) is 7.10. The van der Waals surface area contributed by atoms with Crippen LogP contribution in [0.25, 0.3) is 0 Å². The second kappa shape index (κ2) is 9.84. The molecule has 0 unspecified atom stereocenters. The molecule has 7 nitrogen and oxygen atoms in total. The number of carbonyl (C=O) groups excluding carboxylic acids is 3. The normalized spacial score (nSPS) is 14.2. The fraction of sp³-hybridized carbons (Fsp3) is 0.318. The van der Waals surface area contributed by atoms with E-state index in [0.29, 0.717) is 16.8 Å². The maximum atomic E-state index is 12.2. The molecule has 1 fully saturated rings. The quantitative estimate of drug-likeness (QED) is 0.702. The van der Waals surface area contributed by atoms with E-state index in [1.807, 2.05) is 12.1 Å². The van der Waals surface area contributed by atoms with Gasteiger partial charge in [-0.25, -0.2) is 4.79 Å². The second-order valence-corrected chi connectivity index (χ2v) is 7.10. The Bertz CT molecular complexity index is 857. The summed E-state index contributed by atoms with van der Waals surface area (Å²) in [5.74, 6) is -1.56. The molecule has 0 aromatic heterocycles. The van der Waals surface area contributed by atoms with Crippen LogP contribution in [0.1, 0.15) is 45.5 Å². The van der Waals surface area contributed by atoms with Crippen molar-refractivity contribution in [2.45, 2.75) is 25.8 Å². The smallest absolute Gasteiger partial charge is 0.338 e. The summed E-state index contributed by atoms with van der Waals surface area (Å²) >= 11 is 0. The van der Waals surface area contributed by atoms with Crippen molar-refractivity contribution in [3.63, 3.8) is 0 Å². The first kappa shape index (κ1) is 20.5. The summed E-state index contributed by atoms with van der Waals surface area (Å²) in [6, 6.07) is 13.4. The zero-order chi connectivity index (χ0) is 20.6. The van der Waals surface area contributed by atoms with Gasteiger partial charge in [0.2, 0.25) is 5.91 Å². The van der Waals surface area contributed by atoms with Gasteiger partial charge in [-0.15, -0.1) is 0 Å². The van der Waals surface area contributed by atoms with E-state index < -0.39 is 24.4 Å². The molecule has 0 atom stereocenters. The third-order valence-electron chi connectivity index (χ3n) is 4.83. The summed E-state index contributed by atoms with van der Waals surface area (Å²) in [4.78, 5) is 37.6. The number of benzene rings is 2. The summed E-state index contributed by atoms with van der Waals surface area (Å²) in [5, 5.41) is 2.60. The van der Waals surface area contributed by atoms with Crippen LogP contribution in [0.15, 0.2) is 48.5 Å². The predicted octanol–water partition coefficient (Wildman–Crippen LogP) is 2.57. The van der Waals surface area contributed by atoms with Gasteiger partial charge in [-0.3, -0.25) is 14.5 Å². The highest BCUT2D eigenvalue weighted by atomic mass is 16.5. The lowest BCUT2D eigenvalue weighted by atomic mass is 10.1. The zero-order valence-corrected chi connectivity index (χ0v) is 16.2. The van der Waals surface area contributed by atoms with E-state index in [4.69, 9.17) is 10.5 Å². The lowest BCUT2D eigenvalue weighted by Crippen LogP contribution is -2.29. The van der Waals surface area contributed by atoms with Gasteiger partial charge >= 0.3 is 5.97 Å². The van der Waals surface area contributed by atoms with Gasteiger partial charge in [-0.1, -0.05) is 18.6 Å². The third kappa shape index (κ3) is 6.15. The SMILES string of the molecule is NC(=O)c1ccc(NC(=O)COC(=O)c2ccc(CN3CCCCC3)cc2)cc1. The van der Waals surface area contributed by atoms with Crippen LogP contribution in [0.5, 0.6) is 0 Å². The topological polar surface area (TPSA) is 102 Å². The zero-order valence-electron chi connectivity index (χ0n) is 16.2. The van der Waals surface area contributed by atoms with Gasteiger partial charge in [-0.05, 0) is 67.9 Å². The van der Waals surface area contributed by atoms with Crippen LogP contribution in [-0.4, -0.2) is 42.4 Å². The van der Waals surface area contributed by atoms with E-state index in [9.17, 15) is 14.4 Å². The number of piperidine rings is 1. The van der Waals surface area contributed by atoms with E-state index in [2.05, 4.69) is 10.2 Å². The monoisotopic (exact) mass is 395 g/mol. The lowest BCUT2D eigenvalue weighted by Gasteiger charge is -2.26. The summed E-state index contributed by atoms with van der Waals surface area (Å²) < 4.78 is 5.08. The molecule has 0 bridgehead atoms. The number of carbonyl (C=O) groups is 3. The molecule has 0 aliphatic carbocycles. The Balaban J connectivity index is 1.45. The summed E-state index contributed by atoms with van der Waals surface area (Å²) in [6.45, 7) is 2.71. The minimum atomic E-state index is -0.547. The van der Waals surface area contributed by atoms with Crippen molar-refractivity contribution < 1.29 is 19.1 Å². The number of anilines is 1. The Morgan fingerprint density at radius 2 is 1.52 bits per heavy atom. The Morgan fingerprint density at radius 3 is 2.14 bits per heavy atom. The minimum absolute atomic E-state index is 0.346. The van der Waals surface area contributed by atoms with Crippen molar-refractivity contribution in [1.82, 2.24) is 4.90 Å². The molecule has 29 heavy (non-hydrogen) atoms. The first-order valence-corrected chi connectivity index (χ1v) is 9.69. The van der Waals surface area contributed by atoms with Crippen LogP contribution in [0.3, 0.4) is 0 Å². The summed E-state index contributed by atoms with van der Waals surface area (Å²) in [6.07, 6.45) is 3.77. The molecule has 1 heterocycles. The maximum Gasteiger partial charge on any atom is 0.338 e. The Morgan fingerprint density at radius 1 is 0.897 bits per heavy atom. The van der Waals surface area contributed by atoms with Gasteiger partial charge in [0.15, 0.2) is 6.61 Å². The first-order valence-electron chi connectivity index (χ1n) is 9.69. The molecular weight excluding hydrogens is 370 g/mol. The van der Waals surface area contributed by atoms with Crippen molar-refractivity contribution in [2.75, 3.05) is 25.0 Å². The number of amides is 2. The predicted molar refractivity (Wildman–Crippen MR) is 109 cm³/mol. The highest BCUT2D eigenvalue weighted by Gasteiger charge is 2.13. The van der Waals surface area contributed by atoms with Crippen molar-refractivity contribution in [3.05, 3.63) is 65.2 Å². The van der Waals surface area contributed by atoms with Crippen molar-refractivity contribution >= 4 is 23.5 Å². The standard InChI is InChI=1S/C22H25N3O4/c23-21(27)17-8-10-19(11-9-17)24-20(26)15-29-22(28)18-6-4-16(5-7-18)14-25-12-2-1-3-13-25/h4-11H,1-3,12-15H2,(H2,23,27)(H,24,26). The highest BCUT2D eigenvalue weighted by molar-refractivity contribution is 5.96. The lowest BCUT2D eigenvalue weighted by molar-refractivity contribution is -0.119. The molecule has 0 radical (unpaired) electrons. The molecular formula is C22H25N3O4. The average Bonchev–Trinajstić information content (AvgIpc) is 2.74. The molecule has 0 spiro atoms. The number of primary amides is 1.